The fourth-order valence-electron chi connectivity index (χ4n) is 1.26. The van der Waals surface area contributed by atoms with Crippen molar-refractivity contribution in [3.8, 4) is 0 Å². The molecule has 1 aromatic carbocycles. The molecule has 17 heavy (non-hydrogen) atoms. The normalized spacial score (nSPS) is 12.2. The Morgan fingerprint density at radius 2 is 2.24 bits per heavy atom. The molecule has 0 fully saturated rings. The summed E-state index contributed by atoms with van der Waals surface area (Å²) in [6.07, 6.45) is -1.03. The molecule has 94 valence electrons. The zero-order valence-electron chi connectivity index (χ0n) is 9.18. The molecule has 1 aromatic rings. The minimum atomic E-state index is -1.03. The van der Waals surface area contributed by atoms with Crippen molar-refractivity contribution in [3.05, 3.63) is 33.6 Å². The molecule has 0 radical (unpaired) electrons. The van der Waals surface area contributed by atoms with Crippen molar-refractivity contribution in [3.63, 3.8) is 0 Å². The molecule has 3 N–H and O–H groups in total. The van der Waals surface area contributed by atoms with Gasteiger partial charge in [-0.1, -0.05) is 0 Å². The summed E-state index contributed by atoms with van der Waals surface area (Å²) in [4.78, 5) is 9.97. The predicted octanol–water partition coefficient (Wildman–Crippen LogP) is 0.807. The van der Waals surface area contributed by atoms with Gasteiger partial charge in [0.25, 0.3) is 5.69 Å². The van der Waals surface area contributed by atoms with Crippen LogP contribution in [0.25, 0.3) is 0 Å². The smallest absolute Gasteiger partial charge is 0.295 e. The quantitative estimate of drug-likeness (QED) is 0.526. The molecule has 0 bridgehead atoms. The lowest BCUT2D eigenvalue weighted by Crippen LogP contribution is -2.23. The van der Waals surface area contributed by atoms with E-state index < -0.39 is 29.1 Å². The third-order valence-electron chi connectivity index (χ3n) is 2.21. The van der Waals surface area contributed by atoms with Gasteiger partial charge in [0.1, 0.15) is 11.5 Å². The highest BCUT2D eigenvalue weighted by Gasteiger charge is 2.17. The molecule has 0 aliphatic heterocycles. The number of halogens is 1. The third kappa shape index (κ3) is 3.36. The first-order valence-electron chi connectivity index (χ1n) is 4.93. The number of hydrogen-bond donors (Lipinski definition) is 3. The van der Waals surface area contributed by atoms with Crippen molar-refractivity contribution in [2.45, 2.75) is 13.0 Å². The van der Waals surface area contributed by atoms with E-state index >= 15 is 0 Å². The first kappa shape index (κ1) is 13.3. The maximum atomic E-state index is 13.2. The second-order valence-corrected chi connectivity index (χ2v) is 3.59. The number of aliphatic hydroxyl groups excluding tert-OH is 2. The maximum absolute atomic E-state index is 13.2. The molecule has 7 heteroatoms. The van der Waals surface area contributed by atoms with Crippen LogP contribution in [0.15, 0.2) is 12.1 Å². The Morgan fingerprint density at radius 3 is 2.76 bits per heavy atom. The summed E-state index contributed by atoms with van der Waals surface area (Å²) in [6, 6.07) is 2.11. The minimum absolute atomic E-state index is 0.0532. The van der Waals surface area contributed by atoms with Gasteiger partial charge in [0, 0.05) is 6.54 Å². The molecule has 0 spiro atoms. The van der Waals surface area contributed by atoms with E-state index in [0.717, 1.165) is 6.07 Å². The topological polar surface area (TPSA) is 95.6 Å². The van der Waals surface area contributed by atoms with Crippen molar-refractivity contribution in [1.29, 1.82) is 0 Å². The third-order valence-corrected chi connectivity index (χ3v) is 2.21. The highest BCUT2D eigenvalue weighted by atomic mass is 19.1. The number of benzene rings is 1. The van der Waals surface area contributed by atoms with Gasteiger partial charge >= 0.3 is 0 Å². The van der Waals surface area contributed by atoms with E-state index in [1.54, 1.807) is 0 Å². The number of hydrogen-bond acceptors (Lipinski definition) is 5. The van der Waals surface area contributed by atoms with E-state index in [0.29, 0.717) is 0 Å². The fraction of sp³-hybridized carbons (Fsp3) is 0.400. The summed E-state index contributed by atoms with van der Waals surface area (Å²) < 4.78 is 13.2. The highest BCUT2D eigenvalue weighted by molar-refractivity contribution is 5.63. The van der Waals surface area contributed by atoms with Crippen LogP contribution < -0.4 is 5.32 Å². The molecule has 0 aromatic heterocycles. The first-order chi connectivity index (χ1) is 7.95. The molecule has 0 aliphatic carbocycles. The monoisotopic (exact) mass is 244 g/mol. The lowest BCUT2D eigenvalue weighted by Gasteiger charge is -2.11. The van der Waals surface area contributed by atoms with Crippen LogP contribution >= 0.6 is 0 Å². The van der Waals surface area contributed by atoms with Gasteiger partial charge in [0.15, 0.2) is 0 Å². The van der Waals surface area contributed by atoms with E-state index in [4.69, 9.17) is 10.2 Å². The first-order valence-corrected chi connectivity index (χ1v) is 4.93. The molecule has 1 unspecified atom stereocenters. The Bertz CT molecular complexity index is 425. The van der Waals surface area contributed by atoms with E-state index in [-0.39, 0.29) is 17.8 Å². The summed E-state index contributed by atoms with van der Waals surface area (Å²) >= 11 is 0. The van der Waals surface area contributed by atoms with Crippen LogP contribution in [0.5, 0.6) is 0 Å². The molecule has 0 saturated heterocycles. The molecule has 0 aliphatic rings. The molecular formula is C10H13FN2O4. The Hall–Kier alpha value is -1.73. The molecule has 1 atom stereocenters. The minimum Gasteiger partial charge on any atom is -0.394 e. The fourth-order valence-corrected chi connectivity index (χ4v) is 1.26. The van der Waals surface area contributed by atoms with Crippen LogP contribution in [0.2, 0.25) is 0 Å². The average Bonchev–Trinajstić information content (AvgIpc) is 2.29. The number of rotatable bonds is 5. The lowest BCUT2D eigenvalue weighted by molar-refractivity contribution is -0.384. The molecule has 6 nitrogen and oxygen atoms in total. The van der Waals surface area contributed by atoms with Crippen LogP contribution in [-0.4, -0.2) is 34.4 Å². The summed E-state index contributed by atoms with van der Waals surface area (Å²) in [5.41, 5.74) is -0.0313. The number of anilines is 1. The van der Waals surface area contributed by atoms with Gasteiger partial charge in [-0.15, -0.1) is 0 Å². The van der Waals surface area contributed by atoms with Crippen molar-refractivity contribution < 1.29 is 19.5 Å². The SMILES string of the molecule is Cc1cc(NCC(O)CO)c([N+](=O)[O-])cc1F. The summed E-state index contributed by atoms with van der Waals surface area (Å²) in [6.45, 7) is 0.968. The van der Waals surface area contributed by atoms with Gasteiger partial charge in [-0.2, -0.15) is 0 Å². The van der Waals surface area contributed by atoms with Gasteiger partial charge in [-0.3, -0.25) is 10.1 Å². The zero-order valence-corrected chi connectivity index (χ0v) is 9.18. The van der Waals surface area contributed by atoms with Gasteiger partial charge in [-0.25, -0.2) is 4.39 Å². The number of nitrogens with one attached hydrogen (secondary N) is 1. The molecule has 1 rings (SSSR count). The summed E-state index contributed by atoms with van der Waals surface area (Å²) in [7, 11) is 0. The van der Waals surface area contributed by atoms with Crippen molar-refractivity contribution in [2.75, 3.05) is 18.5 Å². The number of nitro groups is 1. The number of nitro benzene ring substituents is 1. The van der Waals surface area contributed by atoms with Crippen LogP contribution in [0.4, 0.5) is 15.8 Å². The Balaban J connectivity index is 2.96. The van der Waals surface area contributed by atoms with Crippen molar-refractivity contribution in [2.24, 2.45) is 0 Å². The Labute approximate surface area is 96.8 Å². The maximum Gasteiger partial charge on any atom is 0.295 e. The predicted molar refractivity (Wildman–Crippen MR) is 59.4 cm³/mol. The highest BCUT2D eigenvalue weighted by Crippen LogP contribution is 2.27. The van der Waals surface area contributed by atoms with Crippen molar-refractivity contribution >= 4 is 11.4 Å². The zero-order chi connectivity index (χ0) is 13.0. The van der Waals surface area contributed by atoms with Crippen LogP contribution in [0.1, 0.15) is 5.56 Å². The molecular weight excluding hydrogens is 231 g/mol. The van der Waals surface area contributed by atoms with E-state index in [1.165, 1.54) is 13.0 Å². The van der Waals surface area contributed by atoms with E-state index in [1.807, 2.05) is 0 Å². The standard InChI is InChI=1S/C10H13FN2O4/c1-6-2-9(12-4-7(15)5-14)10(13(16)17)3-8(6)11/h2-3,7,12,14-15H,4-5H2,1H3. The van der Waals surface area contributed by atoms with Crippen LogP contribution in [0.3, 0.4) is 0 Å². The molecule has 0 amide bonds. The average molecular weight is 244 g/mol. The van der Waals surface area contributed by atoms with Crippen molar-refractivity contribution in [1.82, 2.24) is 0 Å². The number of aliphatic hydroxyl groups is 2. The second kappa shape index (κ2) is 5.55. The van der Waals surface area contributed by atoms with Gasteiger partial charge in [-0.05, 0) is 18.6 Å². The summed E-state index contributed by atoms with van der Waals surface area (Å²) in [5.74, 6) is -0.662. The lowest BCUT2D eigenvalue weighted by atomic mass is 10.1. The van der Waals surface area contributed by atoms with Gasteiger partial charge < -0.3 is 15.5 Å². The number of nitrogens with zero attached hydrogens (tertiary/aromatic N) is 1. The largest absolute Gasteiger partial charge is 0.394 e. The molecule has 0 saturated carbocycles. The second-order valence-electron chi connectivity index (χ2n) is 3.59. The Kier molecular flexibility index (Phi) is 4.36. The van der Waals surface area contributed by atoms with Crippen LogP contribution in [-0.2, 0) is 0 Å². The number of aryl methyl sites for hydroxylation is 1. The van der Waals surface area contributed by atoms with Gasteiger partial charge in [0.05, 0.1) is 23.7 Å². The summed E-state index contributed by atoms with van der Waals surface area (Å²) in [5, 5.41) is 31.0. The Morgan fingerprint density at radius 1 is 1.59 bits per heavy atom. The molecule has 0 heterocycles. The van der Waals surface area contributed by atoms with E-state index in [9.17, 15) is 14.5 Å². The van der Waals surface area contributed by atoms with Crippen LogP contribution in [0, 0.1) is 22.9 Å². The van der Waals surface area contributed by atoms with E-state index in [2.05, 4.69) is 5.32 Å². The van der Waals surface area contributed by atoms with Gasteiger partial charge in [0.2, 0.25) is 0 Å².